The van der Waals surface area contributed by atoms with Crippen LogP contribution in [0.25, 0.3) is 0 Å². The summed E-state index contributed by atoms with van der Waals surface area (Å²) < 4.78 is 0. The van der Waals surface area contributed by atoms with Crippen molar-refractivity contribution in [2.75, 3.05) is 18.4 Å². The summed E-state index contributed by atoms with van der Waals surface area (Å²) in [4.78, 5) is 8.12. The van der Waals surface area contributed by atoms with E-state index in [9.17, 15) is 0 Å². The molecule has 1 aliphatic heterocycles. The molecule has 1 fully saturated rings. The van der Waals surface area contributed by atoms with Gasteiger partial charge in [0.25, 0.3) is 0 Å². The van der Waals surface area contributed by atoms with Gasteiger partial charge in [-0.3, -0.25) is 0 Å². The first-order chi connectivity index (χ1) is 6.34. The Balaban J connectivity index is 0.000000980. The standard InChI is InChI=1S/C8H11ClN4.ClH/c9-7-2-4-11-8(13-7)12-6-1-3-10-5-6;/h2,4,6,10H,1,3,5H2,(H,11,12,13);1H/t6-;/m1./s1. The highest BCUT2D eigenvalue weighted by Gasteiger charge is 2.14. The van der Waals surface area contributed by atoms with E-state index >= 15 is 0 Å². The highest BCUT2D eigenvalue weighted by Crippen LogP contribution is 2.09. The highest BCUT2D eigenvalue weighted by molar-refractivity contribution is 6.29. The summed E-state index contributed by atoms with van der Waals surface area (Å²) in [6.45, 7) is 2.02. The van der Waals surface area contributed by atoms with Crippen molar-refractivity contribution >= 4 is 30.0 Å². The van der Waals surface area contributed by atoms with Crippen LogP contribution in [0.5, 0.6) is 0 Å². The van der Waals surface area contributed by atoms with E-state index in [0.717, 1.165) is 19.5 Å². The lowest BCUT2D eigenvalue weighted by Crippen LogP contribution is -2.23. The van der Waals surface area contributed by atoms with E-state index in [-0.39, 0.29) is 12.4 Å². The molecule has 0 aromatic carbocycles. The fourth-order valence-corrected chi connectivity index (χ4v) is 1.50. The second kappa shape index (κ2) is 5.34. The molecular weight excluding hydrogens is 223 g/mol. The number of nitrogens with one attached hydrogen (secondary N) is 2. The average molecular weight is 235 g/mol. The third-order valence-corrected chi connectivity index (χ3v) is 2.23. The van der Waals surface area contributed by atoms with Crippen LogP contribution in [0, 0.1) is 0 Å². The minimum absolute atomic E-state index is 0. The van der Waals surface area contributed by atoms with E-state index in [1.807, 2.05) is 0 Å². The molecule has 0 amide bonds. The third kappa shape index (κ3) is 2.97. The molecule has 1 aromatic rings. The maximum Gasteiger partial charge on any atom is 0.224 e. The van der Waals surface area contributed by atoms with Gasteiger partial charge in [0.1, 0.15) is 5.15 Å². The van der Waals surface area contributed by atoms with E-state index in [4.69, 9.17) is 11.6 Å². The Morgan fingerprint density at radius 2 is 2.43 bits per heavy atom. The maximum absolute atomic E-state index is 5.72. The van der Waals surface area contributed by atoms with Crippen LogP contribution < -0.4 is 10.6 Å². The van der Waals surface area contributed by atoms with Gasteiger partial charge in [-0.25, -0.2) is 9.97 Å². The molecule has 78 valence electrons. The monoisotopic (exact) mass is 234 g/mol. The molecule has 0 unspecified atom stereocenters. The van der Waals surface area contributed by atoms with Crippen LogP contribution in [0.15, 0.2) is 12.3 Å². The molecule has 0 saturated carbocycles. The molecule has 14 heavy (non-hydrogen) atoms. The van der Waals surface area contributed by atoms with Crippen molar-refractivity contribution in [3.8, 4) is 0 Å². The lowest BCUT2D eigenvalue weighted by Gasteiger charge is -2.10. The fraction of sp³-hybridized carbons (Fsp3) is 0.500. The van der Waals surface area contributed by atoms with Crippen LogP contribution in [-0.4, -0.2) is 29.1 Å². The first kappa shape index (κ1) is 11.5. The quantitative estimate of drug-likeness (QED) is 0.759. The summed E-state index contributed by atoms with van der Waals surface area (Å²) in [5.41, 5.74) is 0. The van der Waals surface area contributed by atoms with Gasteiger partial charge in [-0.1, -0.05) is 11.6 Å². The normalized spacial score (nSPS) is 20.2. The summed E-state index contributed by atoms with van der Waals surface area (Å²) in [6.07, 6.45) is 2.76. The fourth-order valence-electron chi connectivity index (χ4n) is 1.37. The molecule has 2 rings (SSSR count). The van der Waals surface area contributed by atoms with E-state index in [2.05, 4.69) is 20.6 Å². The Morgan fingerprint density at radius 3 is 3.07 bits per heavy atom. The molecule has 0 spiro atoms. The lowest BCUT2D eigenvalue weighted by atomic mass is 10.3. The molecule has 1 aromatic heterocycles. The summed E-state index contributed by atoms with van der Waals surface area (Å²) in [6, 6.07) is 2.10. The smallest absolute Gasteiger partial charge is 0.224 e. The minimum Gasteiger partial charge on any atom is -0.350 e. The van der Waals surface area contributed by atoms with Gasteiger partial charge in [0, 0.05) is 18.8 Å². The molecule has 2 heterocycles. The molecule has 0 aliphatic carbocycles. The number of anilines is 1. The van der Waals surface area contributed by atoms with Crippen LogP contribution in [-0.2, 0) is 0 Å². The maximum atomic E-state index is 5.72. The number of hydrogen-bond acceptors (Lipinski definition) is 4. The molecule has 1 atom stereocenters. The van der Waals surface area contributed by atoms with Crippen molar-refractivity contribution in [3.05, 3.63) is 17.4 Å². The number of halogens is 2. The summed E-state index contributed by atoms with van der Waals surface area (Å²) in [5.74, 6) is 0.612. The molecule has 0 radical (unpaired) electrons. The summed E-state index contributed by atoms with van der Waals surface area (Å²) in [5, 5.41) is 6.94. The molecule has 4 nitrogen and oxygen atoms in total. The Labute approximate surface area is 93.9 Å². The Morgan fingerprint density at radius 1 is 1.57 bits per heavy atom. The predicted molar refractivity (Wildman–Crippen MR) is 59.2 cm³/mol. The van der Waals surface area contributed by atoms with Gasteiger partial charge in [0.05, 0.1) is 0 Å². The van der Waals surface area contributed by atoms with E-state index in [1.54, 1.807) is 12.3 Å². The Bertz CT molecular complexity index is 288. The molecule has 1 aliphatic rings. The van der Waals surface area contributed by atoms with Crippen molar-refractivity contribution in [3.63, 3.8) is 0 Å². The van der Waals surface area contributed by atoms with Crippen molar-refractivity contribution in [2.24, 2.45) is 0 Å². The zero-order valence-corrected chi connectivity index (χ0v) is 9.11. The average Bonchev–Trinajstić information content (AvgIpc) is 2.57. The van der Waals surface area contributed by atoms with Crippen LogP contribution in [0.4, 0.5) is 5.95 Å². The second-order valence-corrected chi connectivity index (χ2v) is 3.42. The van der Waals surface area contributed by atoms with Crippen LogP contribution in [0.1, 0.15) is 6.42 Å². The molecule has 2 N–H and O–H groups in total. The van der Waals surface area contributed by atoms with Crippen molar-refractivity contribution < 1.29 is 0 Å². The summed E-state index contributed by atoms with van der Waals surface area (Å²) in [7, 11) is 0. The van der Waals surface area contributed by atoms with Crippen molar-refractivity contribution in [1.82, 2.24) is 15.3 Å². The van der Waals surface area contributed by atoms with Gasteiger partial charge < -0.3 is 10.6 Å². The second-order valence-electron chi connectivity index (χ2n) is 3.04. The van der Waals surface area contributed by atoms with Gasteiger partial charge in [-0.2, -0.15) is 0 Å². The van der Waals surface area contributed by atoms with Crippen LogP contribution in [0.2, 0.25) is 5.15 Å². The lowest BCUT2D eigenvalue weighted by molar-refractivity contribution is 0.780. The number of aromatic nitrogens is 2. The van der Waals surface area contributed by atoms with Gasteiger partial charge in [-0.15, -0.1) is 12.4 Å². The zero-order chi connectivity index (χ0) is 9.10. The minimum atomic E-state index is 0. The van der Waals surface area contributed by atoms with E-state index < -0.39 is 0 Å². The molecular formula is C8H12Cl2N4. The number of hydrogen-bond donors (Lipinski definition) is 2. The zero-order valence-electron chi connectivity index (χ0n) is 7.53. The van der Waals surface area contributed by atoms with E-state index in [0.29, 0.717) is 17.1 Å². The first-order valence-corrected chi connectivity index (χ1v) is 4.68. The first-order valence-electron chi connectivity index (χ1n) is 4.30. The van der Waals surface area contributed by atoms with Crippen molar-refractivity contribution in [1.29, 1.82) is 0 Å². The van der Waals surface area contributed by atoms with Crippen molar-refractivity contribution in [2.45, 2.75) is 12.5 Å². The SMILES string of the molecule is Cl.Clc1ccnc(N[C@@H]2CCNC2)n1. The van der Waals surface area contributed by atoms with Gasteiger partial charge in [-0.05, 0) is 19.0 Å². The Hall–Kier alpha value is -0.580. The van der Waals surface area contributed by atoms with Gasteiger partial charge in [0.2, 0.25) is 5.95 Å². The molecule has 6 heteroatoms. The molecule has 0 bridgehead atoms. The van der Waals surface area contributed by atoms with Crippen LogP contribution in [0.3, 0.4) is 0 Å². The third-order valence-electron chi connectivity index (χ3n) is 2.02. The predicted octanol–water partition coefficient (Wildman–Crippen LogP) is 1.33. The number of nitrogens with zero attached hydrogens (tertiary/aromatic N) is 2. The Kier molecular flexibility index (Phi) is 4.38. The van der Waals surface area contributed by atoms with Gasteiger partial charge >= 0.3 is 0 Å². The number of rotatable bonds is 2. The summed E-state index contributed by atoms with van der Waals surface area (Å²) >= 11 is 5.72. The van der Waals surface area contributed by atoms with E-state index in [1.165, 1.54) is 0 Å². The van der Waals surface area contributed by atoms with Crippen LogP contribution >= 0.6 is 24.0 Å². The highest BCUT2D eigenvalue weighted by atomic mass is 35.5. The topological polar surface area (TPSA) is 49.8 Å². The largest absolute Gasteiger partial charge is 0.350 e. The molecule has 1 saturated heterocycles. The van der Waals surface area contributed by atoms with Gasteiger partial charge in [0.15, 0.2) is 0 Å².